The first-order valence-electron chi connectivity index (χ1n) is 8.44. The molecule has 0 aliphatic heterocycles. The highest BCUT2D eigenvalue weighted by Crippen LogP contribution is 2.34. The van der Waals surface area contributed by atoms with Crippen LogP contribution < -0.4 is 0 Å². The van der Waals surface area contributed by atoms with Crippen molar-refractivity contribution >= 4 is 11.8 Å². The normalized spacial score (nSPS) is 17.5. The topological polar surface area (TPSA) is 42.2 Å². The lowest BCUT2D eigenvalue weighted by Crippen LogP contribution is -2.22. The maximum atomic E-state index is 6.03. The van der Waals surface area contributed by atoms with Crippen LogP contribution in [0.3, 0.4) is 0 Å². The van der Waals surface area contributed by atoms with Gasteiger partial charge in [-0.1, -0.05) is 31.0 Å². The fraction of sp³-hybridized carbons (Fsp3) is 0.556. The summed E-state index contributed by atoms with van der Waals surface area (Å²) in [5.41, 5.74) is 1.03. The SMILES string of the molecule is CC(c1ccncn1)N(C)Cc1ccc(SC2CCCCC2)o1. The van der Waals surface area contributed by atoms with Crippen molar-refractivity contribution in [2.75, 3.05) is 7.05 Å². The largest absolute Gasteiger partial charge is 0.454 e. The van der Waals surface area contributed by atoms with E-state index in [1.165, 1.54) is 32.1 Å². The Morgan fingerprint density at radius 3 is 2.83 bits per heavy atom. The summed E-state index contributed by atoms with van der Waals surface area (Å²) in [5.74, 6) is 1.02. The van der Waals surface area contributed by atoms with Crippen molar-refractivity contribution in [3.05, 3.63) is 42.2 Å². The molecule has 0 saturated heterocycles. The van der Waals surface area contributed by atoms with Crippen LogP contribution >= 0.6 is 11.8 Å². The Balaban J connectivity index is 1.55. The molecule has 0 amide bonds. The highest BCUT2D eigenvalue weighted by atomic mass is 32.2. The Morgan fingerprint density at radius 2 is 2.09 bits per heavy atom. The molecule has 5 heteroatoms. The first kappa shape index (κ1) is 16.5. The van der Waals surface area contributed by atoms with Gasteiger partial charge in [0.25, 0.3) is 0 Å². The van der Waals surface area contributed by atoms with E-state index in [1.54, 1.807) is 12.5 Å². The Kier molecular flexibility index (Phi) is 5.73. The molecular weight excluding hydrogens is 306 g/mol. The quantitative estimate of drug-likeness (QED) is 0.768. The molecular formula is C18H25N3OS. The highest BCUT2D eigenvalue weighted by molar-refractivity contribution is 7.99. The second kappa shape index (κ2) is 7.97. The first-order valence-corrected chi connectivity index (χ1v) is 9.32. The van der Waals surface area contributed by atoms with Crippen molar-refractivity contribution in [2.24, 2.45) is 0 Å². The number of hydrogen-bond acceptors (Lipinski definition) is 5. The lowest BCUT2D eigenvalue weighted by Gasteiger charge is -2.23. The summed E-state index contributed by atoms with van der Waals surface area (Å²) in [6.07, 6.45) is 10.2. The van der Waals surface area contributed by atoms with Crippen LogP contribution in [0.5, 0.6) is 0 Å². The zero-order chi connectivity index (χ0) is 16.1. The molecule has 124 valence electrons. The lowest BCUT2D eigenvalue weighted by molar-refractivity contribution is 0.223. The lowest BCUT2D eigenvalue weighted by atomic mass is 10.0. The van der Waals surface area contributed by atoms with Gasteiger partial charge in [-0.2, -0.15) is 0 Å². The maximum Gasteiger partial charge on any atom is 0.160 e. The number of thioether (sulfide) groups is 1. The van der Waals surface area contributed by atoms with E-state index in [-0.39, 0.29) is 6.04 Å². The molecule has 0 aromatic carbocycles. The third-order valence-corrected chi connectivity index (χ3v) is 5.83. The molecule has 3 rings (SSSR count). The van der Waals surface area contributed by atoms with Crippen LogP contribution in [0.4, 0.5) is 0 Å². The smallest absolute Gasteiger partial charge is 0.160 e. The molecule has 1 saturated carbocycles. The molecule has 23 heavy (non-hydrogen) atoms. The van der Waals surface area contributed by atoms with Crippen LogP contribution in [-0.2, 0) is 6.54 Å². The van der Waals surface area contributed by atoms with E-state index in [2.05, 4.69) is 41.0 Å². The van der Waals surface area contributed by atoms with Crippen LogP contribution in [0.25, 0.3) is 0 Å². The van der Waals surface area contributed by atoms with Crippen LogP contribution in [-0.4, -0.2) is 27.2 Å². The predicted molar refractivity (Wildman–Crippen MR) is 93.4 cm³/mol. The van der Waals surface area contributed by atoms with Crippen molar-refractivity contribution in [1.82, 2.24) is 14.9 Å². The molecule has 2 aromatic heterocycles. The fourth-order valence-corrected chi connectivity index (χ4v) is 4.21. The van der Waals surface area contributed by atoms with Crippen LogP contribution in [0, 0.1) is 0 Å². The summed E-state index contributed by atoms with van der Waals surface area (Å²) in [5, 5.41) is 1.80. The molecule has 0 spiro atoms. The molecule has 1 atom stereocenters. The van der Waals surface area contributed by atoms with Gasteiger partial charge in [0.05, 0.1) is 12.2 Å². The number of nitrogens with zero attached hydrogens (tertiary/aromatic N) is 3. The predicted octanol–water partition coefficient (Wildman–Crippen LogP) is 4.69. The molecule has 1 aliphatic rings. The van der Waals surface area contributed by atoms with Crippen molar-refractivity contribution in [3.8, 4) is 0 Å². The van der Waals surface area contributed by atoms with Gasteiger partial charge in [-0.15, -0.1) is 0 Å². The van der Waals surface area contributed by atoms with E-state index in [1.807, 2.05) is 17.8 Å². The van der Waals surface area contributed by atoms with Crippen LogP contribution in [0.15, 0.2) is 40.2 Å². The van der Waals surface area contributed by atoms with E-state index in [4.69, 9.17) is 4.42 Å². The molecule has 0 N–H and O–H groups in total. The number of rotatable bonds is 6. The van der Waals surface area contributed by atoms with E-state index >= 15 is 0 Å². The number of aromatic nitrogens is 2. The van der Waals surface area contributed by atoms with Crippen molar-refractivity contribution in [3.63, 3.8) is 0 Å². The van der Waals surface area contributed by atoms with Crippen molar-refractivity contribution in [1.29, 1.82) is 0 Å². The van der Waals surface area contributed by atoms with Crippen molar-refractivity contribution in [2.45, 2.75) is 62.0 Å². The Hall–Kier alpha value is -1.33. The summed E-state index contributed by atoms with van der Waals surface area (Å²) in [6, 6.07) is 6.43. The van der Waals surface area contributed by atoms with Gasteiger partial charge in [0, 0.05) is 17.5 Å². The monoisotopic (exact) mass is 331 g/mol. The number of furan rings is 1. The van der Waals surface area contributed by atoms with Gasteiger partial charge in [-0.3, -0.25) is 4.90 Å². The minimum Gasteiger partial charge on any atom is -0.454 e. The second-order valence-electron chi connectivity index (χ2n) is 6.32. The van der Waals surface area contributed by atoms with E-state index in [0.717, 1.165) is 28.3 Å². The van der Waals surface area contributed by atoms with Crippen LogP contribution in [0.1, 0.15) is 56.5 Å². The molecule has 1 unspecified atom stereocenters. The standard InChI is InChI=1S/C18H25N3OS/c1-14(17-10-11-19-13-20-17)21(2)12-15-8-9-18(22-15)23-16-6-4-3-5-7-16/h8-11,13-14,16H,3-7,12H2,1-2H3. The second-order valence-corrected chi connectivity index (χ2v) is 7.63. The zero-order valence-corrected chi connectivity index (χ0v) is 14.8. The van der Waals surface area contributed by atoms with Crippen LogP contribution in [0.2, 0.25) is 0 Å². The van der Waals surface area contributed by atoms with Gasteiger partial charge >= 0.3 is 0 Å². The number of hydrogen-bond donors (Lipinski definition) is 0. The molecule has 2 aromatic rings. The molecule has 1 fully saturated rings. The molecule has 1 aliphatic carbocycles. The van der Waals surface area contributed by atoms with Gasteiger partial charge < -0.3 is 4.42 Å². The molecule has 0 radical (unpaired) electrons. The molecule has 0 bridgehead atoms. The average Bonchev–Trinajstić information content (AvgIpc) is 3.02. The summed E-state index contributed by atoms with van der Waals surface area (Å²) in [7, 11) is 2.10. The van der Waals surface area contributed by atoms with Gasteiger partial charge in [-0.05, 0) is 45.0 Å². The van der Waals surface area contributed by atoms with E-state index in [9.17, 15) is 0 Å². The van der Waals surface area contributed by atoms with E-state index < -0.39 is 0 Å². The maximum absolute atomic E-state index is 6.03. The zero-order valence-electron chi connectivity index (χ0n) is 13.9. The summed E-state index contributed by atoms with van der Waals surface area (Å²) in [6.45, 7) is 2.94. The summed E-state index contributed by atoms with van der Waals surface area (Å²) >= 11 is 1.91. The minimum atomic E-state index is 0.234. The van der Waals surface area contributed by atoms with Gasteiger partial charge in [-0.25, -0.2) is 9.97 Å². The average molecular weight is 331 g/mol. The first-order chi connectivity index (χ1) is 11.2. The third-order valence-electron chi connectivity index (χ3n) is 4.57. The van der Waals surface area contributed by atoms with Gasteiger partial charge in [0.15, 0.2) is 5.09 Å². The van der Waals surface area contributed by atoms with Gasteiger partial charge in [0.2, 0.25) is 0 Å². The third kappa shape index (κ3) is 4.58. The summed E-state index contributed by atoms with van der Waals surface area (Å²) < 4.78 is 6.03. The molecule has 4 nitrogen and oxygen atoms in total. The Morgan fingerprint density at radius 1 is 1.26 bits per heavy atom. The Labute approximate surface area is 142 Å². The fourth-order valence-electron chi connectivity index (χ4n) is 3.01. The van der Waals surface area contributed by atoms with Gasteiger partial charge in [0.1, 0.15) is 12.1 Å². The highest BCUT2D eigenvalue weighted by Gasteiger charge is 2.18. The van der Waals surface area contributed by atoms with E-state index in [0.29, 0.717) is 0 Å². The molecule has 2 heterocycles. The van der Waals surface area contributed by atoms with Crippen molar-refractivity contribution < 1.29 is 4.42 Å². The minimum absolute atomic E-state index is 0.234. The Bertz CT molecular complexity index is 595. The summed E-state index contributed by atoms with van der Waals surface area (Å²) in [4.78, 5) is 10.6.